The van der Waals surface area contributed by atoms with Gasteiger partial charge in [-0.3, -0.25) is 0 Å². The van der Waals surface area contributed by atoms with Gasteiger partial charge in [-0.15, -0.1) is 0 Å². The molecule has 1 N–H and O–H groups in total. The molecule has 0 aliphatic rings. The number of carbonyl (C=O) groups is 1. The molecule has 14 heavy (non-hydrogen) atoms. The van der Waals surface area contributed by atoms with Crippen molar-refractivity contribution in [1.82, 2.24) is 4.98 Å². The van der Waals surface area contributed by atoms with E-state index in [-0.39, 0.29) is 0 Å². The Morgan fingerprint density at radius 1 is 1.43 bits per heavy atom. The fraction of sp³-hybridized carbons (Fsp3) is 0.300. The normalized spacial score (nSPS) is 7.07. The van der Waals surface area contributed by atoms with E-state index in [1.54, 1.807) is 6.20 Å². The Labute approximate surface area is 83.8 Å². The van der Waals surface area contributed by atoms with Crippen molar-refractivity contribution in [3.05, 3.63) is 29.1 Å². The van der Waals surface area contributed by atoms with Crippen LogP contribution < -0.4 is 0 Å². The van der Waals surface area contributed by atoms with Gasteiger partial charge in [-0.2, -0.15) is 5.26 Å². The predicted molar refractivity (Wildman–Crippen MR) is 53.7 cm³/mol. The molecule has 0 spiro atoms. The Bertz CT molecular complexity index is 305. The van der Waals surface area contributed by atoms with Gasteiger partial charge >= 0.3 is 0 Å². The van der Waals surface area contributed by atoms with Crippen molar-refractivity contribution in [2.24, 2.45) is 0 Å². The van der Waals surface area contributed by atoms with Crippen molar-refractivity contribution >= 4 is 6.79 Å². The number of aliphatic hydroxyl groups excluding tert-OH is 1. The van der Waals surface area contributed by atoms with E-state index in [1.807, 2.05) is 32.8 Å². The SMILES string of the molecule is C=O.CO.Cc1cnc(C#N)c(C)c1. The minimum absolute atomic E-state index is 0.519. The summed E-state index contributed by atoms with van der Waals surface area (Å²) in [6.07, 6.45) is 1.70. The number of aryl methyl sites for hydroxylation is 2. The molecule has 0 saturated carbocycles. The average molecular weight is 194 g/mol. The predicted octanol–water partition coefficient (Wildman–Crippen LogP) is 0.994. The third-order valence-corrected chi connectivity index (χ3v) is 1.32. The Hall–Kier alpha value is -1.73. The number of aliphatic hydroxyl groups is 1. The molecule has 0 aliphatic carbocycles. The van der Waals surface area contributed by atoms with E-state index >= 15 is 0 Å². The molecule has 1 rings (SSSR count). The van der Waals surface area contributed by atoms with Crippen LogP contribution in [0.15, 0.2) is 12.3 Å². The van der Waals surface area contributed by atoms with Crippen LogP contribution in [0.4, 0.5) is 0 Å². The molecule has 0 radical (unpaired) electrons. The van der Waals surface area contributed by atoms with Crippen molar-refractivity contribution in [2.75, 3.05) is 7.11 Å². The standard InChI is InChI=1S/C8H8N2.CH4O.CH2O/c1-6-3-7(2)8(4-9)10-5-6;2*1-2/h3,5H,1-2H3;2H,1H3;1H2. The summed E-state index contributed by atoms with van der Waals surface area (Å²) in [5.74, 6) is 0. The molecule has 0 aliphatic heterocycles. The van der Waals surface area contributed by atoms with Gasteiger partial charge in [0.1, 0.15) is 18.6 Å². The number of nitriles is 1. The average Bonchev–Trinajstić information content (AvgIpc) is 2.24. The number of nitrogens with zero attached hydrogens (tertiary/aromatic N) is 2. The van der Waals surface area contributed by atoms with E-state index in [2.05, 4.69) is 4.98 Å². The molecule has 0 aromatic carbocycles. The third-order valence-electron chi connectivity index (χ3n) is 1.32. The zero-order chi connectivity index (χ0) is 11.6. The summed E-state index contributed by atoms with van der Waals surface area (Å²) in [7, 11) is 1.00. The maximum absolute atomic E-state index is 8.50. The van der Waals surface area contributed by atoms with Gasteiger partial charge in [-0.05, 0) is 25.0 Å². The lowest BCUT2D eigenvalue weighted by Crippen LogP contribution is -1.87. The number of pyridine rings is 1. The second-order valence-electron chi connectivity index (χ2n) is 2.29. The molecule has 4 heteroatoms. The van der Waals surface area contributed by atoms with E-state index < -0.39 is 0 Å². The molecule has 0 saturated heterocycles. The van der Waals surface area contributed by atoms with E-state index in [0.29, 0.717) is 5.69 Å². The number of hydrogen-bond donors (Lipinski definition) is 1. The molecule has 1 heterocycles. The second-order valence-corrected chi connectivity index (χ2v) is 2.29. The number of aromatic nitrogens is 1. The van der Waals surface area contributed by atoms with Gasteiger partial charge < -0.3 is 9.90 Å². The van der Waals surface area contributed by atoms with Gasteiger partial charge in [0.05, 0.1) is 0 Å². The summed E-state index contributed by atoms with van der Waals surface area (Å²) in [5.41, 5.74) is 2.56. The quantitative estimate of drug-likeness (QED) is 0.668. The highest BCUT2D eigenvalue weighted by Crippen LogP contribution is 2.04. The van der Waals surface area contributed by atoms with Crippen LogP contribution in [0.5, 0.6) is 0 Å². The van der Waals surface area contributed by atoms with Crippen LogP contribution >= 0.6 is 0 Å². The monoisotopic (exact) mass is 194 g/mol. The lowest BCUT2D eigenvalue weighted by Gasteiger charge is -1.95. The lowest BCUT2D eigenvalue weighted by atomic mass is 10.2. The number of hydrogen-bond acceptors (Lipinski definition) is 4. The van der Waals surface area contributed by atoms with Crippen LogP contribution in [0.2, 0.25) is 0 Å². The smallest absolute Gasteiger partial charge is 0.143 e. The van der Waals surface area contributed by atoms with Gasteiger partial charge in [0, 0.05) is 13.3 Å². The molecule has 1 aromatic heterocycles. The topological polar surface area (TPSA) is 74.0 Å². The minimum atomic E-state index is 0.519. The van der Waals surface area contributed by atoms with Gasteiger partial charge in [0.2, 0.25) is 0 Å². The Morgan fingerprint density at radius 2 is 1.93 bits per heavy atom. The summed E-state index contributed by atoms with van der Waals surface area (Å²) >= 11 is 0. The van der Waals surface area contributed by atoms with Crippen molar-refractivity contribution in [3.63, 3.8) is 0 Å². The Balaban J connectivity index is 0. The zero-order valence-electron chi connectivity index (χ0n) is 8.61. The first-order valence-electron chi connectivity index (χ1n) is 3.81. The van der Waals surface area contributed by atoms with Crippen LogP contribution in [0, 0.1) is 25.2 Å². The zero-order valence-corrected chi connectivity index (χ0v) is 8.61. The molecule has 0 bridgehead atoms. The van der Waals surface area contributed by atoms with Crippen molar-refractivity contribution in [3.8, 4) is 6.07 Å². The maximum Gasteiger partial charge on any atom is 0.143 e. The third kappa shape index (κ3) is 5.01. The number of rotatable bonds is 0. The molecule has 76 valence electrons. The Kier molecular flexibility index (Phi) is 9.88. The van der Waals surface area contributed by atoms with Crippen LogP contribution in [0.25, 0.3) is 0 Å². The van der Waals surface area contributed by atoms with Gasteiger partial charge in [0.15, 0.2) is 0 Å². The highest BCUT2D eigenvalue weighted by Gasteiger charge is 1.95. The first kappa shape index (κ1) is 14.8. The summed E-state index contributed by atoms with van der Waals surface area (Å²) in [5, 5.41) is 15.5. The van der Waals surface area contributed by atoms with E-state index in [4.69, 9.17) is 15.2 Å². The Morgan fingerprint density at radius 3 is 2.29 bits per heavy atom. The fourth-order valence-electron chi connectivity index (χ4n) is 0.832. The lowest BCUT2D eigenvalue weighted by molar-refractivity contribution is -0.0979. The second kappa shape index (κ2) is 9.36. The van der Waals surface area contributed by atoms with E-state index in [1.165, 1.54) is 0 Å². The molecule has 1 aromatic rings. The van der Waals surface area contributed by atoms with Gasteiger partial charge in [-0.1, -0.05) is 6.07 Å². The maximum atomic E-state index is 8.50. The summed E-state index contributed by atoms with van der Waals surface area (Å²) < 4.78 is 0. The molecule has 0 amide bonds. The summed E-state index contributed by atoms with van der Waals surface area (Å²) in [6, 6.07) is 3.96. The van der Waals surface area contributed by atoms with Gasteiger partial charge in [0.25, 0.3) is 0 Å². The fourth-order valence-corrected chi connectivity index (χ4v) is 0.832. The minimum Gasteiger partial charge on any atom is -0.400 e. The van der Waals surface area contributed by atoms with Crippen molar-refractivity contribution < 1.29 is 9.90 Å². The van der Waals surface area contributed by atoms with Crippen molar-refractivity contribution in [1.29, 1.82) is 5.26 Å². The molecule has 0 fully saturated rings. The van der Waals surface area contributed by atoms with Crippen LogP contribution in [0.3, 0.4) is 0 Å². The van der Waals surface area contributed by atoms with Crippen LogP contribution in [-0.4, -0.2) is 24.0 Å². The molecular formula is C10H14N2O2. The molecular weight excluding hydrogens is 180 g/mol. The first-order chi connectivity index (χ1) is 6.74. The summed E-state index contributed by atoms with van der Waals surface area (Å²) in [4.78, 5) is 11.9. The largest absolute Gasteiger partial charge is 0.400 e. The van der Waals surface area contributed by atoms with E-state index in [9.17, 15) is 0 Å². The van der Waals surface area contributed by atoms with Crippen molar-refractivity contribution in [2.45, 2.75) is 13.8 Å². The highest BCUT2D eigenvalue weighted by atomic mass is 16.2. The van der Waals surface area contributed by atoms with Crippen LogP contribution in [-0.2, 0) is 4.79 Å². The highest BCUT2D eigenvalue weighted by molar-refractivity contribution is 5.31. The summed E-state index contributed by atoms with van der Waals surface area (Å²) in [6.45, 7) is 5.85. The first-order valence-corrected chi connectivity index (χ1v) is 3.81. The van der Waals surface area contributed by atoms with Gasteiger partial charge in [-0.25, -0.2) is 4.98 Å². The molecule has 0 atom stereocenters. The van der Waals surface area contributed by atoms with E-state index in [0.717, 1.165) is 18.2 Å². The molecule has 4 nitrogen and oxygen atoms in total. The number of carbonyl (C=O) groups excluding carboxylic acids is 1. The molecule has 0 unspecified atom stereocenters. The van der Waals surface area contributed by atoms with Crippen LogP contribution in [0.1, 0.15) is 16.8 Å².